The average Bonchev–Trinajstić information content (AvgIpc) is 3.12. The summed E-state index contributed by atoms with van der Waals surface area (Å²) in [5, 5.41) is 6.54. The Labute approximate surface area is 154 Å². The number of carbonyl (C=O) groups excluding carboxylic acids is 1. The zero-order valence-electron chi connectivity index (χ0n) is 14.5. The quantitative estimate of drug-likeness (QED) is 0.693. The number of benzene rings is 2. The molecule has 0 atom stereocenters. The van der Waals surface area contributed by atoms with E-state index >= 15 is 0 Å². The summed E-state index contributed by atoms with van der Waals surface area (Å²) in [5.74, 6) is 0.660. The van der Waals surface area contributed by atoms with Crippen LogP contribution in [0.15, 0.2) is 54.6 Å². The number of aromatic nitrogens is 2. The maximum Gasteiger partial charge on any atom is 0.312 e. The minimum Gasteiger partial charge on any atom is -0.497 e. The summed E-state index contributed by atoms with van der Waals surface area (Å²) in [7, 11) is 1.55. The van der Waals surface area contributed by atoms with Gasteiger partial charge in [0.1, 0.15) is 11.4 Å². The molecule has 0 fully saturated rings. The largest absolute Gasteiger partial charge is 0.497 e. The predicted molar refractivity (Wildman–Crippen MR) is 96.9 cm³/mol. The van der Waals surface area contributed by atoms with Gasteiger partial charge in [-0.05, 0) is 35.9 Å². The van der Waals surface area contributed by atoms with Gasteiger partial charge in [-0.25, -0.2) is 18.3 Å². The number of methoxy groups -OCH3 is 1. The second-order valence-corrected chi connectivity index (χ2v) is 5.78. The van der Waals surface area contributed by atoms with Gasteiger partial charge in [0.15, 0.2) is 0 Å². The van der Waals surface area contributed by atoms with Crippen LogP contribution in [0.2, 0.25) is 0 Å². The number of rotatable bonds is 6. The van der Waals surface area contributed by atoms with E-state index in [1.54, 1.807) is 55.6 Å². The summed E-state index contributed by atoms with van der Waals surface area (Å²) in [6, 6.07) is 14.9. The summed E-state index contributed by atoms with van der Waals surface area (Å²) >= 11 is 0. The summed E-state index contributed by atoms with van der Waals surface area (Å²) in [6.45, 7) is 0.287. The Morgan fingerprint density at radius 2 is 1.85 bits per heavy atom. The van der Waals surface area contributed by atoms with E-state index in [2.05, 4.69) is 10.4 Å². The van der Waals surface area contributed by atoms with Crippen molar-refractivity contribution in [3.8, 4) is 22.7 Å². The Bertz CT molecular complexity index is 922. The average molecular weight is 372 g/mol. The van der Waals surface area contributed by atoms with Crippen LogP contribution in [0.3, 0.4) is 0 Å². The molecule has 0 spiro atoms. The van der Waals surface area contributed by atoms with Crippen molar-refractivity contribution in [2.45, 2.75) is 13.0 Å². The first kappa shape index (κ1) is 18.4. The van der Waals surface area contributed by atoms with Crippen molar-refractivity contribution < 1.29 is 18.3 Å². The number of nitrogens with two attached hydrogens (primary N) is 1. The lowest BCUT2D eigenvalue weighted by Crippen LogP contribution is -2.28. The molecule has 6 nitrogen and oxygen atoms in total. The van der Waals surface area contributed by atoms with Crippen LogP contribution in [0.5, 0.6) is 5.75 Å². The molecule has 3 rings (SSSR count). The molecule has 1 aromatic heterocycles. The molecular weight excluding hydrogens is 354 g/mol. The highest BCUT2D eigenvalue weighted by molar-refractivity contribution is 5.71. The third-order valence-electron chi connectivity index (χ3n) is 3.99. The van der Waals surface area contributed by atoms with Crippen LogP contribution in [0.25, 0.3) is 16.9 Å². The van der Waals surface area contributed by atoms with Crippen molar-refractivity contribution in [3.05, 3.63) is 65.9 Å². The molecule has 0 bridgehead atoms. The first-order chi connectivity index (χ1) is 13.0. The first-order valence-electron chi connectivity index (χ1n) is 8.13. The number of nitrogens with one attached hydrogen (secondary N) is 1. The topological polar surface area (TPSA) is 82.2 Å². The van der Waals surface area contributed by atoms with E-state index in [1.807, 2.05) is 0 Å². The van der Waals surface area contributed by atoms with Crippen molar-refractivity contribution in [2.75, 3.05) is 7.11 Å². The van der Waals surface area contributed by atoms with Gasteiger partial charge in [-0.3, -0.25) is 0 Å². The zero-order chi connectivity index (χ0) is 19.4. The van der Waals surface area contributed by atoms with Crippen LogP contribution in [0.4, 0.5) is 13.6 Å². The summed E-state index contributed by atoms with van der Waals surface area (Å²) in [6.07, 6.45) is -2.68. The molecule has 0 aliphatic carbocycles. The fourth-order valence-electron chi connectivity index (χ4n) is 2.61. The van der Waals surface area contributed by atoms with Crippen LogP contribution < -0.4 is 15.8 Å². The fourth-order valence-corrected chi connectivity index (χ4v) is 2.61. The van der Waals surface area contributed by atoms with Gasteiger partial charge in [0.05, 0.1) is 18.5 Å². The molecule has 3 N–H and O–H groups in total. The van der Waals surface area contributed by atoms with E-state index in [9.17, 15) is 13.6 Å². The Kier molecular flexibility index (Phi) is 5.35. The van der Waals surface area contributed by atoms with Crippen molar-refractivity contribution in [2.24, 2.45) is 5.73 Å². The minimum absolute atomic E-state index is 0.287. The number of alkyl halides is 2. The highest BCUT2D eigenvalue weighted by Gasteiger charge is 2.17. The van der Waals surface area contributed by atoms with Crippen molar-refractivity contribution >= 4 is 6.03 Å². The lowest BCUT2D eigenvalue weighted by atomic mass is 10.1. The number of primary amides is 1. The molecule has 0 saturated carbocycles. The van der Waals surface area contributed by atoms with Crippen molar-refractivity contribution in [1.29, 1.82) is 0 Å². The highest BCUT2D eigenvalue weighted by atomic mass is 19.3. The highest BCUT2D eigenvalue weighted by Crippen LogP contribution is 2.29. The van der Waals surface area contributed by atoms with Gasteiger partial charge in [0.25, 0.3) is 6.43 Å². The monoisotopic (exact) mass is 372 g/mol. The third-order valence-corrected chi connectivity index (χ3v) is 3.99. The van der Waals surface area contributed by atoms with E-state index in [-0.39, 0.29) is 12.2 Å². The molecule has 2 aromatic carbocycles. The van der Waals surface area contributed by atoms with Gasteiger partial charge >= 0.3 is 6.03 Å². The summed E-state index contributed by atoms with van der Waals surface area (Å²) in [4.78, 5) is 10.8. The van der Waals surface area contributed by atoms with Gasteiger partial charge in [-0.2, -0.15) is 5.10 Å². The van der Waals surface area contributed by atoms with Gasteiger partial charge in [0.2, 0.25) is 0 Å². The molecule has 0 aliphatic rings. The molecule has 0 unspecified atom stereocenters. The zero-order valence-corrected chi connectivity index (χ0v) is 14.5. The molecule has 8 heteroatoms. The molecule has 27 heavy (non-hydrogen) atoms. The molecule has 0 aliphatic heterocycles. The Hall–Kier alpha value is -3.42. The second kappa shape index (κ2) is 7.86. The number of urea groups is 1. The van der Waals surface area contributed by atoms with Gasteiger partial charge in [0, 0.05) is 12.1 Å². The molecule has 0 radical (unpaired) electrons. The molecule has 2 amide bonds. The maximum atomic E-state index is 13.2. The number of carbonyl (C=O) groups is 1. The van der Waals surface area contributed by atoms with E-state index in [1.165, 1.54) is 10.7 Å². The number of halogens is 2. The minimum atomic E-state index is -2.68. The van der Waals surface area contributed by atoms with E-state index in [0.29, 0.717) is 22.7 Å². The van der Waals surface area contributed by atoms with Crippen LogP contribution >= 0.6 is 0 Å². The van der Waals surface area contributed by atoms with Crippen molar-refractivity contribution in [1.82, 2.24) is 15.1 Å². The number of ether oxygens (including phenoxy) is 1. The van der Waals surface area contributed by atoms with E-state index in [4.69, 9.17) is 10.5 Å². The number of nitrogens with zero attached hydrogens (tertiary/aromatic N) is 2. The molecule has 0 saturated heterocycles. The van der Waals surface area contributed by atoms with Gasteiger partial charge in [-0.15, -0.1) is 0 Å². The number of amides is 2. The first-order valence-corrected chi connectivity index (χ1v) is 8.13. The molecule has 1 heterocycles. The normalized spacial score (nSPS) is 10.8. The fraction of sp³-hybridized carbons (Fsp3) is 0.158. The molecule has 3 aromatic rings. The standard InChI is InChI=1S/C19H18F2N4O2/c1-27-15-8-6-14(7-9-15)25-17(10-16(24-25)18(20)21)13-4-2-12(3-5-13)11-23-19(22)26/h2-10,18H,11H2,1H3,(H3,22,23,26). The van der Waals surface area contributed by atoms with Gasteiger partial charge in [-0.1, -0.05) is 24.3 Å². The van der Waals surface area contributed by atoms with Crippen molar-refractivity contribution in [3.63, 3.8) is 0 Å². The number of hydrogen-bond donors (Lipinski definition) is 2. The summed E-state index contributed by atoms with van der Waals surface area (Å²) < 4.78 is 33.0. The van der Waals surface area contributed by atoms with Crippen LogP contribution in [-0.4, -0.2) is 22.9 Å². The lowest BCUT2D eigenvalue weighted by molar-refractivity contribution is 0.145. The molecule has 140 valence electrons. The van der Waals surface area contributed by atoms with Crippen LogP contribution in [0, 0.1) is 0 Å². The predicted octanol–water partition coefficient (Wildman–Crippen LogP) is 3.65. The Morgan fingerprint density at radius 3 is 2.41 bits per heavy atom. The Balaban J connectivity index is 1.97. The summed E-state index contributed by atoms with van der Waals surface area (Å²) in [5.41, 5.74) is 7.47. The third kappa shape index (κ3) is 4.22. The van der Waals surface area contributed by atoms with Crippen LogP contribution in [-0.2, 0) is 6.54 Å². The van der Waals surface area contributed by atoms with Crippen LogP contribution in [0.1, 0.15) is 17.7 Å². The smallest absolute Gasteiger partial charge is 0.312 e. The second-order valence-electron chi connectivity index (χ2n) is 5.78. The molecular formula is C19H18F2N4O2. The van der Waals surface area contributed by atoms with E-state index < -0.39 is 12.5 Å². The maximum absolute atomic E-state index is 13.2. The van der Waals surface area contributed by atoms with Gasteiger partial charge < -0.3 is 15.8 Å². The van der Waals surface area contributed by atoms with E-state index in [0.717, 1.165) is 5.56 Å². The SMILES string of the molecule is COc1ccc(-n2nc(C(F)F)cc2-c2ccc(CNC(N)=O)cc2)cc1. The number of hydrogen-bond acceptors (Lipinski definition) is 3. The lowest BCUT2D eigenvalue weighted by Gasteiger charge is -2.09. The Morgan fingerprint density at radius 1 is 1.19 bits per heavy atom.